The number of hydrogen-bond acceptors (Lipinski definition) is 7. The lowest BCUT2D eigenvalue weighted by Crippen LogP contribution is -2.32. The van der Waals surface area contributed by atoms with E-state index in [0.29, 0.717) is 60.5 Å². The van der Waals surface area contributed by atoms with Crippen molar-refractivity contribution in [1.29, 1.82) is 0 Å². The number of likely N-dealkylation sites (tertiary alicyclic amines) is 1. The van der Waals surface area contributed by atoms with Crippen molar-refractivity contribution in [2.75, 3.05) is 47.5 Å². The Hall–Kier alpha value is -3.52. The molecular formula is C29H38N2O6. The second kappa shape index (κ2) is 12.6. The van der Waals surface area contributed by atoms with Crippen LogP contribution in [0, 0.1) is 5.92 Å². The summed E-state index contributed by atoms with van der Waals surface area (Å²) >= 11 is 0. The summed E-state index contributed by atoms with van der Waals surface area (Å²) < 4.78 is 17.0. The second-order valence-corrected chi connectivity index (χ2v) is 9.73. The number of carbonyl (C=O) groups excluding carboxylic acids is 2. The van der Waals surface area contributed by atoms with Gasteiger partial charge in [-0.2, -0.15) is 0 Å². The van der Waals surface area contributed by atoms with Crippen LogP contribution in [0.1, 0.15) is 44.4 Å². The van der Waals surface area contributed by atoms with Gasteiger partial charge in [0.25, 0.3) is 11.7 Å². The Bertz CT molecular complexity index is 1140. The summed E-state index contributed by atoms with van der Waals surface area (Å²) in [6.45, 7) is 8.07. The Morgan fingerprint density at radius 2 is 1.84 bits per heavy atom. The van der Waals surface area contributed by atoms with Crippen LogP contribution >= 0.6 is 0 Å². The third kappa shape index (κ3) is 6.63. The lowest BCUT2D eigenvalue weighted by molar-refractivity contribution is -0.139. The minimum absolute atomic E-state index is 0.0436. The third-order valence-electron chi connectivity index (χ3n) is 6.04. The lowest BCUT2D eigenvalue weighted by atomic mass is 9.95. The fourth-order valence-corrected chi connectivity index (χ4v) is 4.30. The monoisotopic (exact) mass is 510 g/mol. The van der Waals surface area contributed by atoms with Crippen LogP contribution in [0.3, 0.4) is 0 Å². The first-order valence-electron chi connectivity index (χ1n) is 12.6. The maximum atomic E-state index is 13.3. The van der Waals surface area contributed by atoms with E-state index in [2.05, 4.69) is 0 Å². The molecule has 1 fully saturated rings. The van der Waals surface area contributed by atoms with Gasteiger partial charge in [-0.3, -0.25) is 9.59 Å². The number of aliphatic hydroxyl groups excluding tert-OH is 1. The van der Waals surface area contributed by atoms with Crippen molar-refractivity contribution in [2.24, 2.45) is 5.92 Å². The van der Waals surface area contributed by atoms with E-state index < -0.39 is 17.7 Å². The van der Waals surface area contributed by atoms with Crippen LogP contribution < -0.4 is 14.2 Å². The quantitative estimate of drug-likeness (QED) is 0.255. The molecule has 0 aromatic heterocycles. The number of hydrogen-bond donors (Lipinski definition) is 1. The van der Waals surface area contributed by atoms with Crippen LogP contribution in [0.5, 0.6) is 17.2 Å². The first kappa shape index (κ1) is 28.1. The van der Waals surface area contributed by atoms with Gasteiger partial charge in [0, 0.05) is 12.1 Å². The van der Waals surface area contributed by atoms with Gasteiger partial charge in [0.15, 0.2) is 11.5 Å². The summed E-state index contributed by atoms with van der Waals surface area (Å²) in [6.07, 6.45) is 0.670. The molecule has 2 aromatic rings. The van der Waals surface area contributed by atoms with Crippen LogP contribution in [-0.4, -0.2) is 74.1 Å². The minimum atomic E-state index is -0.771. The molecule has 0 saturated carbocycles. The molecule has 1 aliphatic heterocycles. The van der Waals surface area contributed by atoms with Gasteiger partial charge in [-0.1, -0.05) is 32.0 Å². The van der Waals surface area contributed by atoms with Gasteiger partial charge in [0.2, 0.25) is 0 Å². The van der Waals surface area contributed by atoms with Gasteiger partial charge in [-0.25, -0.2) is 0 Å². The Balaban J connectivity index is 2.10. The molecule has 200 valence electrons. The predicted molar refractivity (Wildman–Crippen MR) is 143 cm³/mol. The summed E-state index contributed by atoms with van der Waals surface area (Å²) in [5, 5.41) is 11.4. The number of Topliss-reactive ketones (excluding diaryl/α,β-unsaturated/α-hetero) is 1. The van der Waals surface area contributed by atoms with E-state index in [9.17, 15) is 14.7 Å². The van der Waals surface area contributed by atoms with Gasteiger partial charge in [0.05, 0.1) is 31.9 Å². The van der Waals surface area contributed by atoms with Crippen molar-refractivity contribution < 1.29 is 28.9 Å². The topological polar surface area (TPSA) is 88.5 Å². The van der Waals surface area contributed by atoms with Crippen LogP contribution in [0.4, 0.5) is 0 Å². The zero-order chi connectivity index (χ0) is 27.1. The molecule has 1 unspecified atom stereocenters. The third-order valence-corrected chi connectivity index (χ3v) is 6.04. The molecule has 0 radical (unpaired) electrons. The van der Waals surface area contributed by atoms with E-state index in [1.54, 1.807) is 42.5 Å². The van der Waals surface area contributed by atoms with E-state index in [-0.39, 0.29) is 11.3 Å². The molecule has 0 bridgehead atoms. The number of nitrogens with zero attached hydrogens (tertiary/aromatic N) is 2. The highest BCUT2D eigenvalue weighted by Crippen LogP contribution is 2.42. The Morgan fingerprint density at radius 3 is 2.49 bits per heavy atom. The molecule has 37 heavy (non-hydrogen) atoms. The number of amides is 1. The Morgan fingerprint density at radius 1 is 1.08 bits per heavy atom. The molecular weight excluding hydrogens is 472 g/mol. The van der Waals surface area contributed by atoms with Crippen LogP contribution in [0.15, 0.2) is 48.0 Å². The molecule has 2 aromatic carbocycles. The van der Waals surface area contributed by atoms with Crippen molar-refractivity contribution >= 4 is 17.4 Å². The largest absolute Gasteiger partial charge is 0.507 e. The molecule has 1 saturated heterocycles. The van der Waals surface area contributed by atoms with E-state index in [0.717, 1.165) is 6.54 Å². The van der Waals surface area contributed by atoms with Gasteiger partial charge in [-0.15, -0.1) is 0 Å². The van der Waals surface area contributed by atoms with Gasteiger partial charge < -0.3 is 29.1 Å². The summed E-state index contributed by atoms with van der Waals surface area (Å²) in [5.41, 5.74) is 1.11. The fraction of sp³-hybridized carbons (Fsp3) is 0.448. The summed E-state index contributed by atoms with van der Waals surface area (Å²) in [5.74, 6) is 0.382. The molecule has 1 atom stereocenters. The second-order valence-electron chi connectivity index (χ2n) is 9.73. The van der Waals surface area contributed by atoms with Crippen molar-refractivity contribution in [3.05, 3.63) is 59.2 Å². The molecule has 8 heteroatoms. The van der Waals surface area contributed by atoms with Crippen LogP contribution in [0.25, 0.3) is 5.76 Å². The summed E-state index contributed by atoms with van der Waals surface area (Å²) in [7, 11) is 5.45. The van der Waals surface area contributed by atoms with Gasteiger partial charge in [-0.05, 0) is 69.7 Å². The number of benzene rings is 2. The molecule has 1 N–H and O–H groups in total. The van der Waals surface area contributed by atoms with E-state index in [4.69, 9.17) is 14.2 Å². The fourth-order valence-electron chi connectivity index (χ4n) is 4.30. The maximum Gasteiger partial charge on any atom is 0.295 e. The number of ketones is 1. The van der Waals surface area contributed by atoms with Crippen molar-refractivity contribution in [1.82, 2.24) is 9.80 Å². The molecule has 1 heterocycles. The zero-order valence-corrected chi connectivity index (χ0v) is 22.6. The molecule has 1 aliphatic rings. The normalized spacial score (nSPS) is 17.1. The highest BCUT2D eigenvalue weighted by atomic mass is 16.5. The Labute approximate surface area is 219 Å². The summed E-state index contributed by atoms with van der Waals surface area (Å²) in [4.78, 5) is 30.1. The highest BCUT2D eigenvalue weighted by molar-refractivity contribution is 6.46. The number of aliphatic hydroxyl groups is 1. The van der Waals surface area contributed by atoms with Gasteiger partial charge in [0.1, 0.15) is 11.5 Å². The number of methoxy groups -OCH3 is 1. The molecule has 0 aliphatic carbocycles. The Kier molecular flexibility index (Phi) is 9.58. The van der Waals surface area contributed by atoms with Crippen LogP contribution in [0.2, 0.25) is 0 Å². The predicted octanol–water partition coefficient (Wildman–Crippen LogP) is 4.50. The first-order chi connectivity index (χ1) is 17.7. The number of rotatable bonds is 12. The van der Waals surface area contributed by atoms with E-state index in [1.165, 1.54) is 12.0 Å². The molecule has 0 spiro atoms. The van der Waals surface area contributed by atoms with E-state index >= 15 is 0 Å². The number of carbonyl (C=O) groups is 2. The van der Waals surface area contributed by atoms with Crippen molar-refractivity contribution in [3.63, 3.8) is 0 Å². The average molecular weight is 511 g/mol. The van der Waals surface area contributed by atoms with Crippen molar-refractivity contribution in [3.8, 4) is 17.2 Å². The molecule has 3 rings (SSSR count). The SMILES string of the molecule is CCOc1ccc(C2/C(=C(/O)c3cccc(OCC(C)C)c3)C(=O)C(=O)N2CCCN(C)C)cc1OC. The molecule has 1 amide bonds. The van der Waals surface area contributed by atoms with Gasteiger partial charge >= 0.3 is 0 Å². The standard InChI is InChI=1S/C29H38N2O6/c1-7-36-23-13-12-20(17-24(23)35-6)26-25(28(33)29(34)31(26)15-9-14-30(4)5)27(32)21-10-8-11-22(16-21)37-18-19(2)3/h8,10-13,16-17,19,26,32H,7,9,14-15,18H2,1-6H3/b27-25-. The highest BCUT2D eigenvalue weighted by Gasteiger charge is 2.46. The first-order valence-corrected chi connectivity index (χ1v) is 12.6. The zero-order valence-electron chi connectivity index (χ0n) is 22.6. The smallest absolute Gasteiger partial charge is 0.295 e. The van der Waals surface area contributed by atoms with Crippen LogP contribution in [-0.2, 0) is 9.59 Å². The van der Waals surface area contributed by atoms with Crippen molar-refractivity contribution in [2.45, 2.75) is 33.2 Å². The minimum Gasteiger partial charge on any atom is -0.507 e. The van der Waals surface area contributed by atoms with E-state index in [1.807, 2.05) is 39.8 Å². The number of ether oxygens (including phenoxy) is 3. The maximum absolute atomic E-state index is 13.3. The summed E-state index contributed by atoms with van der Waals surface area (Å²) in [6, 6.07) is 11.5. The lowest BCUT2D eigenvalue weighted by Gasteiger charge is -2.26. The average Bonchev–Trinajstić information content (AvgIpc) is 3.12. The molecule has 8 nitrogen and oxygen atoms in total.